The molecule has 0 bridgehead atoms. The van der Waals surface area contributed by atoms with Crippen molar-refractivity contribution in [3.8, 4) is 5.75 Å². The highest BCUT2D eigenvalue weighted by Gasteiger charge is 2.46. The van der Waals surface area contributed by atoms with Crippen molar-refractivity contribution in [1.29, 1.82) is 0 Å². The van der Waals surface area contributed by atoms with Crippen molar-refractivity contribution in [2.24, 2.45) is 11.3 Å². The van der Waals surface area contributed by atoms with Gasteiger partial charge in [0, 0.05) is 5.41 Å². The van der Waals surface area contributed by atoms with Gasteiger partial charge in [-0.25, -0.2) is 0 Å². The molecule has 2 fully saturated rings. The van der Waals surface area contributed by atoms with Gasteiger partial charge in [0.2, 0.25) is 0 Å². The molecule has 0 aromatic heterocycles. The number of carbonyl (C=O) groups is 1. The van der Waals surface area contributed by atoms with Crippen LogP contribution in [0.3, 0.4) is 0 Å². The van der Waals surface area contributed by atoms with Crippen LogP contribution in [0.1, 0.15) is 66.7 Å². The molecule has 2 aromatic rings. The molecule has 0 radical (unpaired) electrons. The van der Waals surface area contributed by atoms with Crippen molar-refractivity contribution in [2.75, 3.05) is 13.7 Å². The first-order chi connectivity index (χ1) is 14.6. The lowest BCUT2D eigenvalue weighted by atomic mass is 9.79. The van der Waals surface area contributed by atoms with Gasteiger partial charge in [0.15, 0.2) is 0 Å². The highest BCUT2D eigenvalue weighted by atomic mass is 16.5. The summed E-state index contributed by atoms with van der Waals surface area (Å²) in [5.41, 5.74) is 6.03. The van der Waals surface area contributed by atoms with E-state index >= 15 is 0 Å². The van der Waals surface area contributed by atoms with Crippen LogP contribution in [-0.4, -0.2) is 19.7 Å². The maximum Gasteiger partial charge on any atom is 0.306 e. The Morgan fingerprint density at radius 2 is 2.03 bits per heavy atom. The monoisotopic (exact) mass is 404 g/mol. The molecule has 1 heterocycles. The van der Waals surface area contributed by atoms with Gasteiger partial charge in [-0.3, -0.25) is 4.79 Å². The number of carbonyl (C=O) groups excluding carboxylic acids is 1. The summed E-state index contributed by atoms with van der Waals surface area (Å²) in [7, 11) is 1.76. The van der Waals surface area contributed by atoms with Crippen LogP contribution in [0.2, 0.25) is 0 Å². The maximum absolute atomic E-state index is 11.6. The number of para-hydroxylation sites is 1. The van der Waals surface area contributed by atoms with Crippen LogP contribution in [0.15, 0.2) is 42.5 Å². The Morgan fingerprint density at radius 1 is 1.13 bits per heavy atom. The lowest BCUT2D eigenvalue weighted by Crippen LogP contribution is -2.17. The van der Waals surface area contributed by atoms with Crippen LogP contribution in [0, 0.1) is 11.3 Å². The number of cyclic esters (lactones) is 1. The number of aryl methyl sites for hydroxylation is 2. The summed E-state index contributed by atoms with van der Waals surface area (Å²) in [6, 6.07) is 15.6. The first-order valence-corrected chi connectivity index (χ1v) is 11.5. The maximum atomic E-state index is 11.6. The van der Waals surface area contributed by atoms with Gasteiger partial charge in [-0.05, 0) is 91.5 Å². The number of rotatable bonds is 5. The van der Waals surface area contributed by atoms with Crippen LogP contribution < -0.4 is 4.74 Å². The van der Waals surface area contributed by atoms with E-state index in [1.807, 2.05) is 6.07 Å². The second-order valence-corrected chi connectivity index (χ2v) is 9.76. The fraction of sp³-hybridized carbons (Fsp3) is 0.519. The van der Waals surface area contributed by atoms with Crippen LogP contribution >= 0.6 is 0 Å². The summed E-state index contributed by atoms with van der Waals surface area (Å²) < 4.78 is 10.8. The van der Waals surface area contributed by atoms with E-state index < -0.39 is 0 Å². The predicted octanol–water partition coefficient (Wildman–Crippen LogP) is 5.63. The van der Waals surface area contributed by atoms with Crippen LogP contribution in [0.25, 0.3) is 0 Å². The summed E-state index contributed by atoms with van der Waals surface area (Å²) in [5, 5.41) is 0. The third-order valence-electron chi connectivity index (χ3n) is 7.81. The summed E-state index contributed by atoms with van der Waals surface area (Å²) in [5.74, 6) is 2.36. The molecule has 3 atom stereocenters. The molecule has 3 aliphatic rings. The van der Waals surface area contributed by atoms with Crippen molar-refractivity contribution in [1.82, 2.24) is 0 Å². The largest absolute Gasteiger partial charge is 0.496 e. The molecule has 0 unspecified atom stereocenters. The summed E-state index contributed by atoms with van der Waals surface area (Å²) in [6.45, 7) is 0.640. The number of fused-ring (bicyclic) bond motifs is 1. The molecule has 3 heteroatoms. The molecule has 0 amide bonds. The Morgan fingerprint density at radius 3 is 2.87 bits per heavy atom. The molecule has 1 spiro atoms. The molecule has 2 aliphatic carbocycles. The summed E-state index contributed by atoms with van der Waals surface area (Å²) in [6.07, 6.45) is 10.0. The van der Waals surface area contributed by atoms with E-state index in [2.05, 4.69) is 36.4 Å². The van der Waals surface area contributed by atoms with Gasteiger partial charge in [0.25, 0.3) is 0 Å². The Balaban J connectivity index is 1.22. The first kappa shape index (κ1) is 19.7. The quantitative estimate of drug-likeness (QED) is 0.606. The summed E-state index contributed by atoms with van der Waals surface area (Å²) in [4.78, 5) is 11.6. The van der Waals surface area contributed by atoms with Gasteiger partial charge in [-0.2, -0.15) is 0 Å². The third-order valence-corrected chi connectivity index (χ3v) is 7.81. The van der Waals surface area contributed by atoms with Crippen molar-refractivity contribution in [3.05, 3.63) is 64.7 Å². The lowest BCUT2D eigenvalue weighted by Gasteiger charge is -2.26. The van der Waals surface area contributed by atoms with Gasteiger partial charge >= 0.3 is 5.97 Å². The molecule has 5 rings (SSSR count). The number of hydrogen-bond donors (Lipinski definition) is 0. The van der Waals surface area contributed by atoms with Crippen LogP contribution in [0.4, 0.5) is 0 Å². The number of ether oxygens (including phenoxy) is 2. The number of methoxy groups -OCH3 is 1. The number of benzene rings is 2. The highest BCUT2D eigenvalue weighted by Crippen LogP contribution is 2.51. The van der Waals surface area contributed by atoms with E-state index in [1.165, 1.54) is 43.2 Å². The lowest BCUT2D eigenvalue weighted by molar-refractivity contribution is -0.137. The highest BCUT2D eigenvalue weighted by molar-refractivity contribution is 5.72. The standard InChI is InChI=1S/C27H32O3/c1-29-25-5-3-2-4-20(25)8-6-19-7-9-22-15-23(11-10-21(22)14-19)24-12-13-27(16-24)17-26(28)30-18-27/h2-5,10-11,15,19,24H,6-9,12-14,16-18H2,1H3/t19-,24+,27+/m1/s1. The molecule has 1 saturated carbocycles. The van der Waals surface area contributed by atoms with Gasteiger partial charge in [-0.15, -0.1) is 0 Å². The smallest absolute Gasteiger partial charge is 0.306 e. The molecule has 30 heavy (non-hydrogen) atoms. The number of hydrogen-bond acceptors (Lipinski definition) is 3. The molecule has 158 valence electrons. The topological polar surface area (TPSA) is 35.5 Å². The molecular formula is C27H32O3. The van der Waals surface area contributed by atoms with E-state index in [4.69, 9.17) is 9.47 Å². The normalized spacial score (nSPS) is 27.8. The van der Waals surface area contributed by atoms with Crippen LogP contribution in [0.5, 0.6) is 5.75 Å². The van der Waals surface area contributed by atoms with E-state index in [1.54, 1.807) is 18.2 Å². The Kier molecular flexibility index (Phi) is 5.30. The Labute approximate surface area is 179 Å². The summed E-state index contributed by atoms with van der Waals surface area (Å²) >= 11 is 0. The van der Waals surface area contributed by atoms with Gasteiger partial charge in [0.05, 0.1) is 20.1 Å². The van der Waals surface area contributed by atoms with E-state index in [9.17, 15) is 4.79 Å². The van der Waals surface area contributed by atoms with Crippen molar-refractivity contribution >= 4 is 5.97 Å². The van der Waals surface area contributed by atoms with Gasteiger partial charge < -0.3 is 9.47 Å². The van der Waals surface area contributed by atoms with Crippen molar-refractivity contribution in [2.45, 2.75) is 63.7 Å². The zero-order valence-electron chi connectivity index (χ0n) is 18.0. The average Bonchev–Trinajstić information content (AvgIpc) is 3.37. The van der Waals surface area contributed by atoms with E-state index in [0.717, 1.165) is 30.9 Å². The van der Waals surface area contributed by atoms with Gasteiger partial charge in [-0.1, -0.05) is 36.4 Å². The van der Waals surface area contributed by atoms with E-state index in [0.29, 0.717) is 18.9 Å². The van der Waals surface area contributed by atoms with Crippen LogP contribution in [-0.2, 0) is 28.8 Å². The third kappa shape index (κ3) is 3.87. The molecule has 1 aliphatic heterocycles. The zero-order chi connectivity index (χ0) is 20.6. The minimum absolute atomic E-state index is 0.000236. The Hall–Kier alpha value is -2.29. The fourth-order valence-corrected chi connectivity index (χ4v) is 6.05. The SMILES string of the molecule is COc1ccccc1CC[C@@H]1CCc2cc([C@H]3CC[C@]4(COC(=O)C4)C3)ccc2C1. The molecule has 2 aromatic carbocycles. The minimum Gasteiger partial charge on any atom is -0.496 e. The zero-order valence-corrected chi connectivity index (χ0v) is 18.0. The van der Waals surface area contributed by atoms with E-state index in [-0.39, 0.29) is 11.4 Å². The second kappa shape index (κ2) is 8.09. The molecular weight excluding hydrogens is 372 g/mol. The Bertz CT molecular complexity index is 933. The number of esters is 1. The second-order valence-electron chi connectivity index (χ2n) is 9.76. The van der Waals surface area contributed by atoms with Gasteiger partial charge in [0.1, 0.15) is 5.75 Å². The fourth-order valence-electron chi connectivity index (χ4n) is 6.05. The molecule has 0 N–H and O–H groups in total. The first-order valence-electron chi connectivity index (χ1n) is 11.5. The van der Waals surface area contributed by atoms with Crippen molar-refractivity contribution < 1.29 is 14.3 Å². The average molecular weight is 405 g/mol. The minimum atomic E-state index is 0.000236. The predicted molar refractivity (Wildman–Crippen MR) is 118 cm³/mol. The molecule has 1 saturated heterocycles. The van der Waals surface area contributed by atoms with Crippen molar-refractivity contribution in [3.63, 3.8) is 0 Å². The molecule has 3 nitrogen and oxygen atoms in total.